The fraction of sp³-hybridized carbons (Fsp3) is 0.222. The maximum atomic E-state index is 13.7. The molecule has 1 fully saturated rings. The van der Waals surface area contributed by atoms with E-state index in [-0.39, 0.29) is 11.9 Å². The van der Waals surface area contributed by atoms with Gasteiger partial charge in [-0.15, -0.1) is 0 Å². The molecule has 1 aliphatic rings. The normalized spacial score (nSPS) is 16.8. The van der Waals surface area contributed by atoms with Gasteiger partial charge in [0.1, 0.15) is 17.6 Å². The first-order chi connectivity index (χ1) is 16.6. The van der Waals surface area contributed by atoms with E-state index < -0.39 is 6.10 Å². The number of H-pyrrole nitrogens is 1. The molecule has 3 aromatic carbocycles. The standard InChI is InChI=1S/C27H25NO6/c1-30-18-11-10-16(12-19(18)31-2)26-27(34-26)25(29)23-21(33-4)13-20(32-3)22-17(14-28-24(22)23)15-8-6-5-7-9-15/h5-14,26-28H,1-4H3/t26-,27-/m1/s1. The van der Waals surface area contributed by atoms with Crippen molar-refractivity contribution in [1.82, 2.24) is 4.98 Å². The third-order valence-electron chi connectivity index (χ3n) is 6.14. The fourth-order valence-corrected chi connectivity index (χ4v) is 4.41. The molecule has 0 bridgehead atoms. The van der Waals surface area contributed by atoms with Crippen LogP contribution in [-0.4, -0.2) is 45.3 Å². The highest BCUT2D eigenvalue weighted by atomic mass is 16.6. The number of carbonyl (C=O) groups excluding carboxylic acids is 1. The molecule has 1 saturated heterocycles. The fourth-order valence-electron chi connectivity index (χ4n) is 4.41. The Morgan fingerprint density at radius 3 is 2.21 bits per heavy atom. The molecule has 1 N–H and O–H groups in total. The molecule has 34 heavy (non-hydrogen) atoms. The van der Waals surface area contributed by atoms with Crippen molar-refractivity contribution in [3.63, 3.8) is 0 Å². The molecule has 0 saturated carbocycles. The van der Waals surface area contributed by atoms with Gasteiger partial charge in [0.15, 0.2) is 23.4 Å². The Morgan fingerprint density at radius 2 is 1.53 bits per heavy atom. The van der Waals surface area contributed by atoms with Crippen LogP contribution in [0.5, 0.6) is 23.0 Å². The highest BCUT2D eigenvalue weighted by Crippen LogP contribution is 2.47. The van der Waals surface area contributed by atoms with Gasteiger partial charge in [0.05, 0.1) is 44.9 Å². The maximum Gasteiger partial charge on any atom is 0.200 e. The number of aromatic nitrogens is 1. The van der Waals surface area contributed by atoms with Crippen molar-refractivity contribution < 1.29 is 28.5 Å². The molecule has 7 heteroatoms. The first kappa shape index (κ1) is 21.9. The van der Waals surface area contributed by atoms with Gasteiger partial charge in [-0.05, 0) is 23.3 Å². The number of benzene rings is 3. The molecule has 0 unspecified atom stereocenters. The number of hydrogen-bond donors (Lipinski definition) is 1. The molecule has 7 nitrogen and oxygen atoms in total. The van der Waals surface area contributed by atoms with Gasteiger partial charge >= 0.3 is 0 Å². The molecule has 0 amide bonds. The number of ketones is 1. The number of Topliss-reactive ketones (excluding diaryl/α,β-unsaturated/α-hetero) is 1. The Morgan fingerprint density at radius 1 is 0.824 bits per heavy atom. The average molecular weight is 459 g/mol. The van der Waals surface area contributed by atoms with Gasteiger partial charge < -0.3 is 28.7 Å². The van der Waals surface area contributed by atoms with Gasteiger partial charge in [0.25, 0.3) is 0 Å². The Balaban J connectivity index is 1.56. The minimum atomic E-state index is -0.632. The number of methoxy groups -OCH3 is 4. The van der Waals surface area contributed by atoms with E-state index in [9.17, 15) is 4.79 Å². The van der Waals surface area contributed by atoms with Crippen molar-refractivity contribution in [1.29, 1.82) is 0 Å². The number of nitrogens with one attached hydrogen (secondary N) is 1. The van der Waals surface area contributed by atoms with Crippen LogP contribution in [0.2, 0.25) is 0 Å². The lowest BCUT2D eigenvalue weighted by Crippen LogP contribution is -2.11. The smallest absolute Gasteiger partial charge is 0.200 e. The maximum absolute atomic E-state index is 13.7. The zero-order valence-electron chi connectivity index (χ0n) is 19.4. The van der Waals surface area contributed by atoms with Crippen LogP contribution >= 0.6 is 0 Å². The molecule has 2 heterocycles. The quantitative estimate of drug-likeness (QED) is 0.288. The second kappa shape index (κ2) is 8.76. The summed E-state index contributed by atoms with van der Waals surface area (Å²) in [5.41, 5.74) is 3.89. The predicted molar refractivity (Wildman–Crippen MR) is 128 cm³/mol. The number of rotatable bonds is 8. The Labute approximate surface area is 197 Å². The average Bonchev–Trinajstić information content (AvgIpc) is 3.58. The van der Waals surface area contributed by atoms with E-state index in [1.165, 1.54) is 7.11 Å². The van der Waals surface area contributed by atoms with Crippen molar-refractivity contribution in [2.24, 2.45) is 0 Å². The Bertz CT molecular complexity index is 1360. The van der Waals surface area contributed by atoms with Crippen LogP contribution in [0, 0.1) is 0 Å². The van der Waals surface area contributed by atoms with E-state index in [0.29, 0.717) is 34.1 Å². The number of fused-ring (bicyclic) bond motifs is 1. The molecule has 174 valence electrons. The number of ether oxygens (including phenoxy) is 5. The third-order valence-corrected chi connectivity index (χ3v) is 6.14. The summed E-state index contributed by atoms with van der Waals surface area (Å²) in [5.74, 6) is 2.09. The Hall–Kier alpha value is -3.97. The number of carbonyl (C=O) groups is 1. The number of aromatic amines is 1. The van der Waals surface area contributed by atoms with Gasteiger partial charge in [0.2, 0.25) is 0 Å². The summed E-state index contributed by atoms with van der Waals surface area (Å²) in [7, 11) is 6.30. The topological polar surface area (TPSA) is 82.3 Å². The predicted octanol–water partition coefficient (Wildman–Crippen LogP) is 5.19. The molecule has 0 spiro atoms. The van der Waals surface area contributed by atoms with Crippen LogP contribution in [0.25, 0.3) is 22.0 Å². The molecular weight excluding hydrogens is 434 g/mol. The van der Waals surface area contributed by atoms with Crippen LogP contribution in [0.1, 0.15) is 22.0 Å². The van der Waals surface area contributed by atoms with Crippen LogP contribution in [0.3, 0.4) is 0 Å². The molecule has 0 radical (unpaired) electrons. The van der Waals surface area contributed by atoms with E-state index in [2.05, 4.69) is 4.98 Å². The third kappa shape index (κ3) is 3.54. The summed E-state index contributed by atoms with van der Waals surface area (Å²) >= 11 is 0. The van der Waals surface area contributed by atoms with Crippen LogP contribution < -0.4 is 18.9 Å². The minimum Gasteiger partial charge on any atom is -0.496 e. The molecular formula is C27H25NO6. The SMILES string of the molecule is COc1ccc([C@H]2O[C@@H]2C(=O)c2c(OC)cc(OC)c3c(-c4ccccc4)c[nH]c23)cc1OC. The van der Waals surface area contributed by atoms with Crippen LogP contribution in [-0.2, 0) is 4.74 Å². The summed E-state index contributed by atoms with van der Waals surface area (Å²) in [6.07, 6.45) is 0.878. The summed E-state index contributed by atoms with van der Waals surface area (Å²) in [4.78, 5) is 17.0. The van der Waals surface area contributed by atoms with Crippen molar-refractivity contribution in [3.8, 4) is 34.1 Å². The molecule has 1 aliphatic heterocycles. The lowest BCUT2D eigenvalue weighted by molar-refractivity contribution is 0.0952. The highest BCUT2D eigenvalue weighted by molar-refractivity contribution is 6.16. The van der Waals surface area contributed by atoms with Crippen LogP contribution in [0.15, 0.2) is 60.8 Å². The summed E-state index contributed by atoms with van der Waals surface area (Å²) in [6, 6.07) is 17.2. The second-order valence-electron chi connectivity index (χ2n) is 7.93. The molecule has 5 rings (SSSR count). The summed E-state index contributed by atoms with van der Waals surface area (Å²) < 4.78 is 27.8. The zero-order valence-corrected chi connectivity index (χ0v) is 19.4. The first-order valence-electron chi connectivity index (χ1n) is 10.8. The molecule has 2 atom stereocenters. The second-order valence-corrected chi connectivity index (χ2v) is 7.93. The zero-order chi connectivity index (χ0) is 23.8. The highest BCUT2D eigenvalue weighted by Gasteiger charge is 2.48. The van der Waals surface area contributed by atoms with E-state index in [4.69, 9.17) is 23.7 Å². The molecule has 1 aromatic heterocycles. The van der Waals surface area contributed by atoms with E-state index in [1.807, 2.05) is 48.7 Å². The number of epoxide rings is 1. The summed E-state index contributed by atoms with van der Waals surface area (Å²) in [5, 5.41) is 0.821. The summed E-state index contributed by atoms with van der Waals surface area (Å²) in [6.45, 7) is 0. The van der Waals surface area contributed by atoms with Gasteiger partial charge in [-0.3, -0.25) is 4.79 Å². The van der Waals surface area contributed by atoms with E-state index in [1.54, 1.807) is 33.5 Å². The first-order valence-corrected chi connectivity index (χ1v) is 10.8. The lowest BCUT2D eigenvalue weighted by atomic mass is 9.97. The molecule has 0 aliphatic carbocycles. The van der Waals surface area contributed by atoms with Gasteiger partial charge in [0, 0.05) is 17.8 Å². The lowest BCUT2D eigenvalue weighted by Gasteiger charge is -2.13. The molecule has 4 aromatic rings. The monoisotopic (exact) mass is 459 g/mol. The Kier molecular flexibility index (Phi) is 5.63. The van der Waals surface area contributed by atoms with Crippen LogP contribution in [0.4, 0.5) is 0 Å². The largest absolute Gasteiger partial charge is 0.496 e. The van der Waals surface area contributed by atoms with Crippen molar-refractivity contribution in [2.45, 2.75) is 12.2 Å². The van der Waals surface area contributed by atoms with Gasteiger partial charge in [-0.1, -0.05) is 36.4 Å². The minimum absolute atomic E-state index is 0.161. The number of hydrogen-bond acceptors (Lipinski definition) is 6. The van der Waals surface area contributed by atoms with Gasteiger partial charge in [-0.25, -0.2) is 0 Å². The van der Waals surface area contributed by atoms with Gasteiger partial charge in [-0.2, -0.15) is 0 Å². The van der Waals surface area contributed by atoms with Crippen molar-refractivity contribution in [3.05, 3.63) is 71.9 Å². The van der Waals surface area contributed by atoms with Crippen molar-refractivity contribution in [2.75, 3.05) is 28.4 Å². The van der Waals surface area contributed by atoms with E-state index >= 15 is 0 Å². The van der Waals surface area contributed by atoms with Crippen molar-refractivity contribution >= 4 is 16.7 Å². The van der Waals surface area contributed by atoms with E-state index in [0.717, 1.165) is 22.1 Å².